The standard InChI is InChI=1S/C27H32N2O5S/c1-35-13-12-24(26(32)28-15-18(14-25(30)31)17-10-11-17)29-27(33)34-16-23-21-8-4-2-6-19(21)20-7-3-5-9-22(20)23/h2-9,17-18,23-24H,10-16H2,1H3,(H,28,32)(H,29,33)(H,30,31)/t18?,24-/m0/s1. The molecular formula is C27H32N2O5S. The summed E-state index contributed by atoms with van der Waals surface area (Å²) in [4.78, 5) is 36.7. The van der Waals surface area contributed by atoms with Gasteiger partial charge < -0.3 is 20.5 Å². The number of ether oxygens (including phenoxy) is 1. The Hall–Kier alpha value is -3.00. The Morgan fingerprint density at radius 2 is 1.69 bits per heavy atom. The van der Waals surface area contributed by atoms with Gasteiger partial charge in [0.1, 0.15) is 12.6 Å². The molecule has 0 aromatic heterocycles. The zero-order valence-electron chi connectivity index (χ0n) is 19.9. The van der Waals surface area contributed by atoms with Gasteiger partial charge in [0.05, 0.1) is 6.42 Å². The monoisotopic (exact) mass is 496 g/mol. The molecule has 2 atom stereocenters. The van der Waals surface area contributed by atoms with Crippen molar-refractivity contribution in [2.45, 2.75) is 37.6 Å². The van der Waals surface area contributed by atoms with Crippen LogP contribution in [0.15, 0.2) is 48.5 Å². The number of fused-ring (bicyclic) bond motifs is 3. The molecule has 8 heteroatoms. The zero-order valence-corrected chi connectivity index (χ0v) is 20.7. The molecule has 4 rings (SSSR count). The van der Waals surface area contributed by atoms with Crippen molar-refractivity contribution in [2.24, 2.45) is 11.8 Å². The molecule has 2 aromatic carbocycles. The van der Waals surface area contributed by atoms with Gasteiger partial charge in [-0.05, 0) is 65.4 Å². The van der Waals surface area contributed by atoms with Crippen LogP contribution in [0.4, 0.5) is 4.79 Å². The molecule has 35 heavy (non-hydrogen) atoms. The van der Waals surface area contributed by atoms with Gasteiger partial charge in [-0.1, -0.05) is 48.5 Å². The van der Waals surface area contributed by atoms with Crippen LogP contribution >= 0.6 is 11.8 Å². The van der Waals surface area contributed by atoms with E-state index in [1.165, 1.54) is 0 Å². The van der Waals surface area contributed by atoms with Crippen LogP contribution in [0.1, 0.15) is 42.7 Å². The van der Waals surface area contributed by atoms with Gasteiger partial charge >= 0.3 is 12.1 Å². The number of carboxylic acids is 1. The molecule has 1 saturated carbocycles. The van der Waals surface area contributed by atoms with E-state index in [1.54, 1.807) is 11.8 Å². The minimum atomic E-state index is -0.855. The molecule has 1 unspecified atom stereocenters. The van der Waals surface area contributed by atoms with E-state index in [0.29, 0.717) is 24.6 Å². The highest BCUT2D eigenvalue weighted by Gasteiger charge is 2.34. The largest absolute Gasteiger partial charge is 0.481 e. The number of carbonyl (C=O) groups excluding carboxylic acids is 2. The molecule has 0 saturated heterocycles. The van der Waals surface area contributed by atoms with Crippen LogP contribution in [0, 0.1) is 11.8 Å². The number of aliphatic carboxylic acids is 1. The van der Waals surface area contributed by atoms with E-state index in [1.807, 2.05) is 30.5 Å². The molecule has 0 bridgehead atoms. The third-order valence-electron chi connectivity index (χ3n) is 6.83. The second-order valence-corrected chi connectivity index (χ2v) is 10.2. The summed E-state index contributed by atoms with van der Waals surface area (Å²) >= 11 is 1.59. The Morgan fingerprint density at radius 1 is 1.06 bits per heavy atom. The first-order valence-corrected chi connectivity index (χ1v) is 13.5. The molecule has 0 radical (unpaired) electrons. The van der Waals surface area contributed by atoms with Gasteiger partial charge in [-0.15, -0.1) is 0 Å². The third-order valence-corrected chi connectivity index (χ3v) is 7.47. The highest BCUT2D eigenvalue weighted by molar-refractivity contribution is 7.98. The molecule has 186 valence electrons. The fourth-order valence-electron chi connectivity index (χ4n) is 4.84. The Bertz CT molecular complexity index is 1030. The molecule has 0 aliphatic heterocycles. The lowest BCUT2D eigenvalue weighted by atomic mass is 9.98. The summed E-state index contributed by atoms with van der Waals surface area (Å²) in [5.41, 5.74) is 4.56. The number of benzene rings is 2. The summed E-state index contributed by atoms with van der Waals surface area (Å²) in [6, 6.07) is 15.5. The summed E-state index contributed by atoms with van der Waals surface area (Å²) in [7, 11) is 0. The number of nitrogens with one attached hydrogen (secondary N) is 2. The molecule has 0 heterocycles. The van der Waals surface area contributed by atoms with E-state index in [4.69, 9.17) is 9.84 Å². The second-order valence-electron chi connectivity index (χ2n) is 9.24. The summed E-state index contributed by atoms with van der Waals surface area (Å²) < 4.78 is 5.61. The van der Waals surface area contributed by atoms with Crippen LogP contribution in [0.5, 0.6) is 0 Å². The fraction of sp³-hybridized carbons (Fsp3) is 0.444. The van der Waals surface area contributed by atoms with Gasteiger partial charge in [0.2, 0.25) is 5.91 Å². The van der Waals surface area contributed by atoms with Crippen molar-refractivity contribution in [3.05, 3.63) is 59.7 Å². The van der Waals surface area contributed by atoms with Crippen LogP contribution < -0.4 is 10.6 Å². The fourth-order valence-corrected chi connectivity index (χ4v) is 5.31. The number of rotatable bonds is 12. The summed E-state index contributed by atoms with van der Waals surface area (Å²) in [5, 5.41) is 14.7. The molecule has 2 amide bonds. The van der Waals surface area contributed by atoms with Gasteiger partial charge in [0.15, 0.2) is 0 Å². The van der Waals surface area contributed by atoms with E-state index in [9.17, 15) is 14.4 Å². The number of alkyl carbamates (subject to hydrolysis) is 1. The highest BCUT2D eigenvalue weighted by atomic mass is 32.2. The average molecular weight is 497 g/mol. The van der Waals surface area contributed by atoms with Crippen molar-refractivity contribution in [1.29, 1.82) is 0 Å². The molecular weight excluding hydrogens is 464 g/mol. The Morgan fingerprint density at radius 3 is 2.26 bits per heavy atom. The highest BCUT2D eigenvalue weighted by Crippen LogP contribution is 2.44. The van der Waals surface area contributed by atoms with Crippen LogP contribution in [0.25, 0.3) is 11.1 Å². The first-order valence-electron chi connectivity index (χ1n) is 12.1. The van der Waals surface area contributed by atoms with Crippen molar-refractivity contribution in [3.63, 3.8) is 0 Å². The molecule has 0 spiro atoms. The van der Waals surface area contributed by atoms with E-state index in [-0.39, 0.29) is 30.8 Å². The maximum absolute atomic E-state index is 12.9. The van der Waals surface area contributed by atoms with Gasteiger partial charge in [-0.3, -0.25) is 9.59 Å². The quantitative estimate of drug-likeness (QED) is 0.406. The predicted octanol–water partition coefficient (Wildman–Crippen LogP) is 4.26. The maximum atomic E-state index is 12.9. The van der Waals surface area contributed by atoms with Crippen LogP contribution in [-0.4, -0.2) is 54.3 Å². The number of hydrogen-bond donors (Lipinski definition) is 3. The number of thioether (sulfide) groups is 1. The minimum absolute atomic E-state index is 0.0419. The summed E-state index contributed by atoms with van der Waals surface area (Å²) in [6.45, 7) is 0.483. The number of carboxylic acid groups (broad SMARTS) is 1. The van der Waals surface area contributed by atoms with E-state index in [2.05, 4.69) is 34.9 Å². The SMILES string of the molecule is CSCC[C@H](NC(=O)OCC1c2ccccc2-c2ccccc21)C(=O)NCC(CC(=O)O)C1CC1. The van der Waals surface area contributed by atoms with Crippen molar-refractivity contribution in [2.75, 3.05) is 25.2 Å². The molecule has 1 fully saturated rings. The summed E-state index contributed by atoms with van der Waals surface area (Å²) in [5.74, 6) is -0.237. The maximum Gasteiger partial charge on any atom is 0.407 e. The van der Waals surface area contributed by atoms with E-state index in [0.717, 1.165) is 35.1 Å². The Balaban J connectivity index is 1.34. The second kappa shape index (κ2) is 11.6. The normalized spacial score (nSPS) is 16.0. The van der Waals surface area contributed by atoms with Gasteiger partial charge in [0, 0.05) is 12.5 Å². The lowest BCUT2D eigenvalue weighted by Gasteiger charge is -2.21. The minimum Gasteiger partial charge on any atom is -0.481 e. The average Bonchev–Trinajstić information content (AvgIpc) is 3.65. The number of hydrogen-bond acceptors (Lipinski definition) is 5. The molecule has 2 aromatic rings. The Labute approximate surface area is 210 Å². The number of amides is 2. The number of carbonyl (C=O) groups is 3. The smallest absolute Gasteiger partial charge is 0.407 e. The van der Waals surface area contributed by atoms with Crippen molar-refractivity contribution >= 4 is 29.7 Å². The molecule has 2 aliphatic rings. The van der Waals surface area contributed by atoms with Crippen LogP contribution in [0.3, 0.4) is 0 Å². The lowest BCUT2D eigenvalue weighted by molar-refractivity contribution is -0.138. The van der Waals surface area contributed by atoms with Gasteiger partial charge in [-0.25, -0.2) is 4.79 Å². The van der Waals surface area contributed by atoms with Crippen LogP contribution in [0.2, 0.25) is 0 Å². The van der Waals surface area contributed by atoms with Crippen molar-refractivity contribution in [3.8, 4) is 11.1 Å². The predicted molar refractivity (Wildman–Crippen MR) is 136 cm³/mol. The van der Waals surface area contributed by atoms with Crippen LogP contribution in [-0.2, 0) is 14.3 Å². The van der Waals surface area contributed by atoms with Gasteiger partial charge in [0.25, 0.3) is 0 Å². The summed E-state index contributed by atoms with van der Waals surface area (Å²) in [6.07, 6.45) is 3.82. The first kappa shape index (κ1) is 25.1. The molecule has 3 N–H and O–H groups in total. The van der Waals surface area contributed by atoms with E-state index >= 15 is 0 Å². The third kappa shape index (κ3) is 6.36. The molecule has 7 nitrogen and oxygen atoms in total. The first-order chi connectivity index (χ1) is 17.0. The topological polar surface area (TPSA) is 105 Å². The zero-order chi connectivity index (χ0) is 24.8. The lowest BCUT2D eigenvalue weighted by Crippen LogP contribution is -2.48. The van der Waals surface area contributed by atoms with E-state index < -0.39 is 18.1 Å². The van der Waals surface area contributed by atoms with Crippen molar-refractivity contribution in [1.82, 2.24) is 10.6 Å². The van der Waals surface area contributed by atoms with Gasteiger partial charge in [-0.2, -0.15) is 11.8 Å². The van der Waals surface area contributed by atoms with Crippen molar-refractivity contribution < 1.29 is 24.2 Å². The Kier molecular flexibility index (Phi) is 8.33. The molecule has 2 aliphatic carbocycles.